The van der Waals surface area contributed by atoms with Crippen LogP contribution in [0.4, 0.5) is 10.1 Å². The van der Waals surface area contributed by atoms with E-state index in [0.29, 0.717) is 32.0 Å². The molecule has 1 atom stereocenters. The SMILES string of the molecule is CC(C)(C)OCC(O)CN1CCC(=O)N(CC2CC2)Cc2cc(F)ccc21. The largest absolute Gasteiger partial charge is 0.389 e. The standard InChI is InChI=1S/C21H31FN2O3/c1-21(2,3)27-14-18(25)13-23-9-8-20(26)24(11-15-4-5-15)12-16-10-17(22)6-7-19(16)23/h6-7,10,15,18,25H,4-5,8-9,11-14H2,1-3H3. The van der Waals surface area contributed by atoms with Crippen LogP contribution in [0.15, 0.2) is 18.2 Å². The molecule has 1 aliphatic heterocycles. The molecule has 1 heterocycles. The van der Waals surface area contributed by atoms with Crippen molar-refractivity contribution in [2.45, 2.75) is 58.3 Å². The summed E-state index contributed by atoms with van der Waals surface area (Å²) in [5, 5.41) is 10.4. The Kier molecular flexibility index (Phi) is 6.06. The molecule has 1 saturated carbocycles. The first kappa shape index (κ1) is 20.1. The molecule has 0 saturated heterocycles. The average Bonchev–Trinajstić information content (AvgIpc) is 3.39. The normalized spacial score (nSPS) is 19.5. The van der Waals surface area contributed by atoms with Crippen molar-refractivity contribution in [2.24, 2.45) is 5.92 Å². The molecule has 1 aliphatic carbocycles. The number of anilines is 1. The quantitative estimate of drug-likeness (QED) is 0.827. The van der Waals surface area contributed by atoms with E-state index < -0.39 is 6.10 Å². The second-order valence-electron chi connectivity index (χ2n) is 8.76. The van der Waals surface area contributed by atoms with Crippen molar-refractivity contribution in [3.05, 3.63) is 29.6 Å². The number of aliphatic hydroxyl groups is 1. The van der Waals surface area contributed by atoms with Gasteiger partial charge >= 0.3 is 0 Å². The van der Waals surface area contributed by atoms with Gasteiger partial charge < -0.3 is 19.6 Å². The maximum Gasteiger partial charge on any atom is 0.224 e. The van der Waals surface area contributed by atoms with Gasteiger partial charge in [0, 0.05) is 38.3 Å². The molecule has 27 heavy (non-hydrogen) atoms. The predicted molar refractivity (Wildman–Crippen MR) is 103 cm³/mol. The number of halogens is 1. The van der Waals surface area contributed by atoms with E-state index in [1.807, 2.05) is 30.6 Å². The van der Waals surface area contributed by atoms with Crippen LogP contribution in [0.25, 0.3) is 0 Å². The van der Waals surface area contributed by atoms with Gasteiger partial charge in [0.15, 0.2) is 0 Å². The summed E-state index contributed by atoms with van der Waals surface area (Å²) in [5.74, 6) is 0.393. The van der Waals surface area contributed by atoms with E-state index in [9.17, 15) is 14.3 Å². The average molecular weight is 378 g/mol. The van der Waals surface area contributed by atoms with Crippen molar-refractivity contribution in [3.8, 4) is 0 Å². The second-order valence-corrected chi connectivity index (χ2v) is 8.76. The summed E-state index contributed by atoms with van der Waals surface area (Å²) in [6.45, 7) is 8.10. The number of carbonyl (C=O) groups is 1. The molecule has 2 aliphatic rings. The van der Waals surface area contributed by atoms with Gasteiger partial charge in [0.25, 0.3) is 0 Å². The summed E-state index contributed by atoms with van der Waals surface area (Å²) in [5.41, 5.74) is 1.37. The smallest absolute Gasteiger partial charge is 0.224 e. The summed E-state index contributed by atoms with van der Waals surface area (Å²) < 4.78 is 19.6. The van der Waals surface area contributed by atoms with Crippen LogP contribution in [-0.2, 0) is 16.1 Å². The lowest BCUT2D eigenvalue weighted by atomic mass is 10.1. The number of amides is 1. The van der Waals surface area contributed by atoms with Gasteiger partial charge in [0.1, 0.15) is 5.82 Å². The van der Waals surface area contributed by atoms with Crippen LogP contribution in [0.3, 0.4) is 0 Å². The minimum Gasteiger partial charge on any atom is -0.389 e. The van der Waals surface area contributed by atoms with E-state index >= 15 is 0 Å². The van der Waals surface area contributed by atoms with Crippen molar-refractivity contribution in [1.82, 2.24) is 4.90 Å². The maximum absolute atomic E-state index is 13.9. The van der Waals surface area contributed by atoms with Crippen molar-refractivity contribution in [2.75, 3.05) is 31.1 Å². The van der Waals surface area contributed by atoms with Crippen LogP contribution in [0.5, 0.6) is 0 Å². The number of benzene rings is 1. The molecular weight excluding hydrogens is 347 g/mol. The van der Waals surface area contributed by atoms with E-state index in [-0.39, 0.29) is 23.9 Å². The van der Waals surface area contributed by atoms with Gasteiger partial charge in [-0.1, -0.05) is 0 Å². The minimum atomic E-state index is -0.681. The highest BCUT2D eigenvalue weighted by Crippen LogP contribution is 2.32. The number of rotatable bonds is 6. The number of carbonyl (C=O) groups excluding carboxylic acids is 1. The Hall–Kier alpha value is -1.66. The number of hydrogen-bond donors (Lipinski definition) is 1. The van der Waals surface area contributed by atoms with Gasteiger partial charge in [0.2, 0.25) is 5.91 Å². The fourth-order valence-corrected chi connectivity index (χ4v) is 3.41. The maximum atomic E-state index is 13.9. The number of ether oxygens (including phenoxy) is 1. The van der Waals surface area contributed by atoms with Crippen molar-refractivity contribution < 1.29 is 19.0 Å². The van der Waals surface area contributed by atoms with Crippen LogP contribution >= 0.6 is 0 Å². The number of aliphatic hydroxyl groups excluding tert-OH is 1. The lowest BCUT2D eigenvalue weighted by Gasteiger charge is -2.35. The van der Waals surface area contributed by atoms with Gasteiger partial charge in [-0.15, -0.1) is 0 Å². The fraction of sp³-hybridized carbons (Fsp3) is 0.667. The van der Waals surface area contributed by atoms with E-state index in [2.05, 4.69) is 0 Å². The molecule has 0 radical (unpaired) electrons. The molecule has 0 spiro atoms. The van der Waals surface area contributed by atoms with E-state index in [0.717, 1.165) is 17.8 Å². The molecule has 5 nitrogen and oxygen atoms in total. The van der Waals surface area contributed by atoms with Gasteiger partial charge in [-0.3, -0.25) is 4.79 Å². The molecule has 1 unspecified atom stereocenters. The van der Waals surface area contributed by atoms with Crippen LogP contribution < -0.4 is 4.90 Å². The highest BCUT2D eigenvalue weighted by Gasteiger charge is 2.30. The summed E-state index contributed by atoms with van der Waals surface area (Å²) in [4.78, 5) is 16.5. The Labute approximate surface area is 161 Å². The molecule has 6 heteroatoms. The molecule has 0 aromatic heterocycles. The van der Waals surface area contributed by atoms with Crippen molar-refractivity contribution in [3.63, 3.8) is 0 Å². The van der Waals surface area contributed by atoms with Gasteiger partial charge in [-0.2, -0.15) is 0 Å². The lowest BCUT2D eigenvalue weighted by Crippen LogP contribution is -2.42. The summed E-state index contributed by atoms with van der Waals surface area (Å²) in [6.07, 6.45) is 2.06. The first-order valence-electron chi connectivity index (χ1n) is 9.84. The molecule has 1 amide bonds. The van der Waals surface area contributed by atoms with Crippen LogP contribution in [0.1, 0.15) is 45.6 Å². The second kappa shape index (κ2) is 8.15. The predicted octanol–water partition coefficient (Wildman–Crippen LogP) is 2.95. The van der Waals surface area contributed by atoms with Crippen LogP contribution in [0, 0.1) is 11.7 Å². The molecule has 3 rings (SSSR count). The number of fused-ring (bicyclic) bond motifs is 1. The third kappa shape index (κ3) is 5.91. The Morgan fingerprint density at radius 1 is 1.30 bits per heavy atom. The highest BCUT2D eigenvalue weighted by molar-refractivity contribution is 5.78. The molecule has 1 fully saturated rings. The molecule has 1 aromatic rings. The summed E-state index contributed by atoms with van der Waals surface area (Å²) >= 11 is 0. The molecule has 0 bridgehead atoms. The topological polar surface area (TPSA) is 53.0 Å². The lowest BCUT2D eigenvalue weighted by molar-refractivity contribution is -0.132. The molecule has 1 N–H and O–H groups in total. The van der Waals surface area contributed by atoms with Gasteiger partial charge in [-0.05, 0) is 63.3 Å². The van der Waals surface area contributed by atoms with Crippen LogP contribution in [-0.4, -0.2) is 53.9 Å². The third-order valence-electron chi connectivity index (χ3n) is 5.01. The zero-order valence-corrected chi connectivity index (χ0v) is 16.6. The Morgan fingerprint density at radius 3 is 2.70 bits per heavy atom. The fourth-order valence-electron chi connectivity index (χ4n) is 3.41. The van der Waals surface area contributed by atoms with Crippen molar-refractivity contribution in [1.29, 1.82) is 0 Å². The molecule has 150 valence electrons. The zero-order chi connectivity index (χ0) is 19.6. The third-order valence-corrected chi connectivity index (χ3v) is 5.01. The van der Waals surface area contributed by atoms with E-state index in [4.69, 9.17) is 4.74 Å². The molecule has 1 aromatic carbocycles. The number of nitrogens with zero attached hydrogens (tertiary/aromatic N) is 2. The summed E-state index contributed by atoms with van der Waals surface area (Å²) in [7, 11) is 0. The minimum absolute atomic E-state index is 0.0993. The van der Waals surface area contributed by atoms with Crippen LogP contribution in [0.2, 0.25) is 0 Å². The first-order valence-corrected chi connectivity index (χ1v) is 9.84. The number of β-amino-alcohol motifs (C(OH)–C–C–N with tert-alkyl or cyclic N) is 1. The number of hydrogen-bond acceptors (Lipinski definition) is 4. The monoisotopic (exact) mass is 378 g/mol. The van der Waals surface area contributed by atoms with Gasteiger partial charge in [0.05, 0.1) is 18.3 Å². The first-order chi connectivity index (χ1) is 12.7. The van der Waals surface area contributed by atoms with E-state index in [1.165, 1.54) is 25.0 Å². The Balaban J connectivity index is 1.75. The van der Waals surface area contributed by atoms with E-state index in [1.54, 1.807) is 6.07 Å². The summed E-state index contributed by atoms with van der Waals surface area (Å²) in [6, 6.07) is 4.71. The van der Waals surface area contributed by atoms with Gasteiger partial charge in [-0.25, -0.2) is 4.39 Å². The van der Waals surface area contributed by atoms with Crippen molar-refractivity contribution >= 4 is 11.6 Å². The Morgan fingerprint density at radius 2 is 2.04 bits per heavy atom. The highest BCUT2D eigenvalue weighted by atomic mass is 19.1. The Bertz CT molecular complexity index is 670. The molecular formula is C21H31FN2O3. The zero-order valence-electron chi connectivity index (χ0n) is 16.6.